The van der Waals surface area contributed by atoms with Crippen LogP contribution in [0.25, 0.3) is 0 Å². The Morgan fingerprint density at radius 2 is 1.15 bits per heavy atom. The number of hydrogen-bond acceptors (Lipinski definition) is 6. The summed E-state index contributed by atoms with van der Waals surface area (Å²) in [5.41, 5.74) is 2.34. The molecule has 0 spiro atoms. The summed E-state index contributed by atoms with van der Waals surface area (Å²) >= 11 is 25.3. The Labute approximate surface area is 303 Å². The lowest BCUT2D eigenvalue weighted by molar-refractivity contribution is -0.461. The van der Waals surface area contributed by atoms with Crippen molar-refractivity contribution in [3.05, 3.63) is 108 Å². The lowest BCUT2D eigenvalue weighted by Gasteiger charge is -2.09. The SMILES string of the molecule is CN(C)C(=O)c1ccccc1.C[C@@H](O)CO.C[C@H](CCl)OC(=O)c1ccccc1.C[N+](C)=C(Cl)c1ccccc1.O=P(Cl)(Cl)Cl.[Cl-]. The quantitative estimate of drug-likeness (QED) is 0.120. The molecule has 8 nitrogen and oxygen atoms in total. The number of rotatable bonds is 6. The number of alkyl halides is 1. The molecular weight excluding hydrogens is 740 g/mol. The molecule has 0 saturated carbocycles. The van der Waals surface area contributed by atoms with Crippen LogP contribution in [0, 0.1) is 0 Å². The fourth-order valence-electron chi connectivity index (χ4n) is 2.53. The van der Waals surface area contributed by atoms with Crippen LogP contribution in [0.2, 0.25) is 0 Å². The molecule has 0 aliphatic heterocycles. The average molecular weight is 781 g/mol. The molecule has 0 aliphatic rings. The molecule has 0 unspecified atom stereocenters. The fourth-order valence-corrected chi connectivity index (χ4v) is 2.72. The maximum absolute atomic E-state index is 11.3. The number of esters is 1. The van der Waals surface area contributed by atoms with Gasteiger partial charge in [0.2, 0.25) is 0 Å². The molecule has 2 N–H and O–H groups in total. The standard InChI is InChI=1S/C10H11ClO2.C9H11ClN.C9H11NO.C3H8O2.Cl3OP.ClH/c1-8(7-11)13-10(12)9-5-3-2-4-6-9;1-11(2)9(10)8-6-4-3-5-7-8;1-10(2)9(11)8-6-4-3-5-7-8;1-3(5)2-4;1-5(2,3)4;/h2-6,8H,7H2,1H3;2*3-7H,1-2H3;3-5H,2H2,1H3;;1H/q;+1;;;;/p-1/t8-;;;3-;;/m1..1../s1. The first-order chi connectivity index (χ1) is 20.9. The van der Waals surface area contributed by atoms with Gasteiger partial charge in [-0.25, -0.2) is 9.37 Å². The summed E-state index contributed by atoms with van der Waals surface area (Å²) in [5, 5.41) is 13.6. The Morgan fingerprint density at radius 3 is 1.43 bits per heavy atom. The van der Waals surface area contributed by atoms with Gasteiger partial charge < -0.3 is 32.3 Å². The number of aliphatic hydroxyl groups excluding tert-OH is 2. The zero-order valence-electron chi connectivity index (χ0n) is 26.4. The lowest BCUT2D eigenvalue weighted by atomic mass is 10.2. The van der Waals surface area contributed by atoms with Crippen molar-refractivity contribution in [2.24, 2.45) is 0 Å². The number of benzene rings is 3. The van der Waals surface area contributed by atoms with Gasteiger partial charge in [-0.3, -0.25) is 9.36 Å². The van der Waals surface area contributed by atoms with Gasteiger partial charge in [0.1, 0.15) is 20.2 Å². The van der Waals surface area contributed by atoms with Crippen molar-refractivity contribution in [3.8, 4) is 0 Å². The van der Waals surface area contributed by atoms with Crippen molar-refractivity contribution in [1.82, 2.24) is 4.90 Å². The number of carbonyl (C=O) groups excluding carboxylic acids is 2. The number of nitrogens with zero attached hydrogens (tertiary/aromatic N) is 2. The molecule has 0 radical (unpaired) electrons. The van der Waals surface area contributed by atoms with Gasteiger partial charge in [-0.05, 0) is 95.6 Å². The average Bonchev–Trinajstić information content (AvgIpc) is 3.01. The monoisotopic (exact) mass is 778 g/mol. The van der Waals surface area contributed by atoms with Gasteiger partial charge in [0.15, 0.2) is 0 Å². The normalized spacial score (nSPS) is 10.8. The molecular formula is C31H41Cl6N2O6P. The van der Waals surface area contributed by atoms with Crippen LogP contribution >= 0.6 is 62.1 Å². The van der Waals surface area contributed by atoms with Gasteiger partial charge in [0.25, 0.3) is 11.1 Å². The third kappa shape index (κ3) is 28.4. The lowest BCUT2D eigenvalue weighted by Crippen LogP contribution is -3.00. The van der Waals surface area contributed by atoms with Crippen LogP contribution in [-0.4, -0.2) is 89.6 Å². The summed E-state index contributed by atoms with van der Waals surface area (Å²) in [4.78, 5) is 24.2. The molecule has 1 amide bonds. The van der Waals surface area contributed by atoms with E-state index in [1.807, 2.05) is 85.4 Å². The van der Waals surface area contributed by atoms with Crippen molar-refractivity contribution in [2.75, 3.05) is 40.7 Å². The summed E-state index contributed by atoms with van der Waals surface area (Å²) in [5.74, 6) is 0.0396. The van der Waals surface area contributed by atoms with E-state index in [9.17, 15) is 14.2 Å². The predicted molar refractivity (Wildman–Crippen MR) is 189 cm³/mol. The third-order valence-electron chi connectivity index (χ3n) is 4.63. The van der Waals surface area contributed by atoms with E-state index >= 15 is 0 Å². The highest BCUT2D eigenvalue weighted by atomic mass is 36.0. The Morgan fingerprint density at radius 1 is 0.826 bits per heavy atom. The third-order valence-corrected chi connectivity index (χ3v) is 5.62. The van der Waals surface area contributed by atoms with Crippen LogP contribution in [0.1, 0.15) is 40.1 Å². The van der Waals surface area contributed by atoms with E-state index < -0.39 is 11.3 Å². The molecule has 0 saturated heterocycles. The molecule has 258 valence electrons. The molecule has 3 rings (SSSR count). The Hall–Kier alpha value is -1.84. The van der Waals surface area contributed by atoms with Crippen LogP contribution in [0.4, 0.5) is 0 Å². The minimum Gasteiger partial charge on any atom is -1.00 e. The van der Waals surface area contributed by atoms with Gasteiger partial charge >= 0.3 is 11.2 Å². The van der Waals surface area contributed by atoms with Gasteiger partial charge in [-0.2, -0.15) is 0 Å². The predicted octanol–water partition coefficient (Wildman–Crippen LogP) is 4.98. The first-order valence-electron chi connectivity index (χ1n) is 13.3. The summed E-state index contributed by atoms with van der Waals surface area (Å²) in [6, 6.07) is 28.0. The topological polar surface area (TPSA) is 107 Å². The van der Waals surface area contributed by atoms with E-state index in [0.717, 1.165) is 16.3 Å². The van der Waals surface area contributed by atoms with Crippen LogP contribution in [-0.2, 0) is 9.30 Å². The summed E-state index contributed by atoms with van der Waals surface area (Å²) in [7, 11) is 7.34. The van der Waals surface area contributed by atoms with Crippen molar-refractivity contribution in [2.45, 2.75) is 26.1 Å². The summed E-state index contributed by atoms with van der Waals surface area (Å²) in [6.07, 6.45) is -0.802. The molecule has 3 aromatic carbocycles. The summed E-state index contributed by atoms with van der Waals surface area (Å²) < 4.78 is 16.4. The van der Waals surface area contributed by atoms with Gasteiger partial charge in [0, 0.05) is 19.7 Å². The molecule has 0 bridgehead atoms. The molecule has 2 atom stereocenters. The molecule has 0 aromatic heterocycles. The Kier molecular flexibility index (Phi) is 29.8. The van der Waals surface area contributed by atoms with Crippen LogP contribution in [0.15, 0.2) is 91.0 Å². The molecule has 15 heteroatoms. The van der Waals surface area contributed by atoms with Gasteiger partial charge in [-0.15, -0.1) is 11.6 Å². The van der Waals surface area contributed by atoms with E-state index in [2.05, 4.69) is 33.7 Å². The van der Waals surface area contributed by atoms with Crippen molar-refractivity contribution in [1.29, 1.82) is 0 Å². The van der Waals surface area contributed by atoms with E-state index in [1.165, 1.54) is 6.92 Å². The smallest absolute Gasteiger partial charge is 0.339 e. The highest BCUT2D eigenvalue weighted by Gasteiger charge is 2.10. The Bertz CT molecular complexity index is 1290. The van der Waals surface area contributed by atoms with E-state index in [0.29, 0.717) is 11.4 Å². The van der Waals surface area contributed by atoms with Crippen LogP contribution in [0.5, 0.6) is 0 Å². The highest BCUT2D eigenvalue weighted by molar-refractivity contribution is 8.24. The number of aliphatic hydroxyl groups is 2. The maximum Gasteiger partial charge on any atom is 0.339 e. The zero-order chi connectivity index (χ0) is 35.0. The van der Waals surface area contributed by atoms with Crippen molar-refractivity contribution >= 4 is 79.2 Å². The first-order valence-corrected chi connectivity index (χ1v) is 18.6. The Balaban J connectivity index is -0.000000524. The molecule has 0 fully saturated rings. The highest BCUT2D eigenvalue weighted by Crippen LogP contribution is 2.61. The van der Waals surface area contributed by atoms with Crippen LogP contribution < -0.4 is 12.4 Å². The number of ether oxygens (including phenoxy) is 1. The van der Waals surface area contributed by atoms with Crippen molar-refractivity contribution < 1.29 is 46.1 Å². The molecule has 0 aliphatic carbocycles. The maximum atomic E-state index is 11.3. The second kappa shape index (κ2) is 28.2. The second-order valence-corrected chi connectivity index (χ2v) is 16.6. The zero-order valence-corrected chi connectivity index (χ0v) is 31.8. The van der Waals surface area contributed by atoms with Gasteiger partial charge in [0.05, 0.1) is 29.7 Å². The number of hydrogen-bond donors (Lipinski definition) is 2. The fraction of sp³-hybridized carbons (Fsp3) is 0.323. The second-order valence-electron chi connectivity index (χ2n) is 9.28. The number of amides is 1. The first kappa shape index (κ1) is 48.6. The largest absolute Gasteiger partial charge is 1.00 e. The molecule has 46 heavy (non-hydrogen) atoms. The van der Waals surface area contributed by atoms with Crippen molar-refractivity contribution in [3.63, 3.8) is 0 Å². The number of halogens is 6. The minimum absolute atomic E-state index is 0. The minimum atomic E-state index is -3.22. The van der Waals surface area contributed by atoms with E-state index in [4.69, 9.17) is 38.2 Å². The number of carbonyl (C=O) groups is 2. The van der Waals surface area contributed by atoms with E-state index in [1.54, 1.807) is 50.2 Å². The van der Waals surface area contributed by atoms with Gasteiger partial charge in [-0.1, -0.05) is 54.6 Å². The van der Waals surface area contributed by atoms with Crippen LogP contribution in [0.3, 0.4) is 0 Å². The molecule has 0 heterocycles. The molecule has 3 aromatic rings. The van der Waals surface area contributed by atoms with E-state index in [-0.39, 0.29) is 37.0 Å². The summed E-state index contributed by atoms with van der Waals surface area (Å²) in [6.45, 7) is 3.15.